The number of benzene rings is 1. The third-order valence-corrected chi connectivity index (χ3v) is 3.56. The first-order valence-corrected chi connectivity index (χ1v) is 7.30. The molecule has 0 fully saturated rings. The van der Waals surface area contributed by atoms with Gasteiger partial charge in [0.15, 0.2) is 0 Å². The minimum atomic E-state index is -0.833. The van der Waals surface area contributed by atoms with Crippen molar-refractivity contribution in [1.82, 2.24) is 10.2 Å². The lowest BCUT2D eigenvalue weighted by Crippen LogP contribution is -2.30. The molecule has 1 aromatic heterocycles. The molecule has 2 rings (SSSR count). The Hall–Kier alpha value is -1.95. The normalized spacial score (nSPS) is 12.3. The van der Waals surface area contributed by atoms with E-state index in [1.807, 2.05) is 38.1 Å². The van der Waals surface area contributed by atoms with Gasteiger partial charge in [0.05, 0.1) is 0 Å². The van der Waals surface area contributed by atoms with E-state index in [1.54, 1.807) is 5.51 Å². The lowest BCUT2D eigenvalue weighted by atomic mass is 10.0. The smallest absolute Gasteiger partial charge is 0.326 e. The highest BCUT2D eigenvalue weighted by atomic mass is 32.1. The average Bonchev–Trinajstić information content (AvgIpc) is 2.91. The van der Waals surface area contributed by atoms with Crippen molar-refractivity contribution in [1.29, 1.82) is 0 Å². The summed E-state index contributed by atoms with van der Waals surface area (Å²) in [5.74, 6) is -0.519. The van der Waals surface area contributed by atoms with E-state index in [-0.39, 0.29) is 0 Å². The highest BCUT2D eigenvalue weighted by molar-refractivity contribution is 7.12. The molecule has 0 unspecified atom stereocenters. The summed E-state index contributed by atoms with van der Waals surface area (Å²) in [6.45, 7) is 4.02. The van der Waals surface area contributed by atoms with Crippen LogP contribution in [0, 0.1) is 5.92 Å². The van der Waals surface area contributed by atoms with E-state index in [2.05, 4.69) is 15.5 Å². The van der Waals surface area contributed by atoms with E-state index in [0.717, 1.165) is 16.3 Å². The Morgan fingerprint density at radius 1 is 1.45 bits per heavy atom. The molecule has 2 aromatic rings. The van der Waals surface area contributed by atoms with E-state index < -0.39 is 12.0 Å². The fourth-order valence-electron chi connectivity index (χ4n) is 1.93. The van der Waals surface area contributed by atoms with E-state index in [0.29, 0.717) is 12.3 Å². The molecule has 2 N–H and O–H groups in total. The van der Waals surface area contributed by atoms with Crippen molar-refractivity contribution in [2.45, 2.75) is 26.3 Å². The van der Waals surface area contributed by atoms with Crippen LogP contribution in [0.15, 0.2) is 29.8 Å². The lowest BCUT2D eigenvalue weighted by molar-refractivity contribution is -0.138. The maximum atomic E-state index is 11.3. The Balaban J connectivity index is 2.16. The molecule has 0 saturated heterocycles. The molecule has 0 radical (unpaired) electrons. The first-order chi connectivity index (χ1) is 9.56. The van der Waals surface area contributed by atoms with Crippen molar-refractivity contribution in [3.8, 4) is 10.6 Å². The number of carbonyl (C=O) groups is 1. The number of rotatable bonds is 6. The summed E-state index contributed by atoms with van der Waals surface area (Å²) in [6.07, 6.45) is 0.582. The monoisotopic (exact) mass is 291 g/mol. The number of hydrogen-bond donors (Lipinski definition) is 2. The molecule has 5 nitrogen and oxygen atoms in total. The van der Waals surface area contributed by atoms with E-state index in [1.165, 1.54) is 11.3 Å². The van der Waals surface area contributed by atoms with Gasteiger partial charge in [-0.05, 0) is 24.5 Å². The summed E-state index contributed by atoms with van der Waals surface area (Å²) in [7, 11) is 0. The fraction of sp³-hybridized carbons (Fsp3) is 0.357. The Bertz CT molecular complexity index is 570. The van der Waals surface area contributed by atoms with Crippen molar-refractivity contribution >= 4 is 23.0 Å². The van der Waals surface area contributed by atoms with Gasteiger partial charge in [0.2, 0.25) is 0 Å². The van der Waals surface area contributed by atoms with Gasteiger partial charge in [0.1, 0.15) is 16.6 Å². The molecule has 1 heterocycles. The van der Waals surface area contributed by atoms with Crippen molar-refractivity contribution in [3.05, 3.63) is 29.8 Å². The highest BCUT2D eigenvalue weighted by Crippen LogP contribution is 2.24. The molecule has 0 spiro atoms. The van der Waals surface area contributed by atoms with E-state index in [4.69, 9.17) is 0 Å². The summed E-state index contributed by atoms with van der Waals surface area (Å²) in [4.78, 5) is 11.3. The summed E-state index contributed by atoms with van der Waals surface area (Å²) in [5, 5.41) is 21.0. The molecule has 0 aliphatic rings. The zero-order chi connectivity index (χ0) is 14.5. The van der Waals surface area contributed by atoms with Crippen LogP contribution in [0.3, 0.4) is 0 Å². The van der Waals surface area contributed by atoms with Crippen LogP contribution in [0.25, 0.3) is 10.6 Å². The van der Waals surface area contributed by atoms with Crippen molar-refractivity contribution < 1.29 is 9.90 Å². The Labute approximate surface area is 121 Å². The van der Waals surface area contributed by atoms with Gasteiger partial charge in [-0.15, -0.1) is 10.2 Å². The predicted molar refractivity (Wildman–Crippen MR) is 79.8 cm³/mol. The molecule has 6 heteroatoms. The molecule has 1 atom stereocenters. The SMILES string of the molecule is CC(C)C[C@H](Nc1cccc(-c2nncs2)c1)C(=O)O. The van der Waals surface area contributed by atoms with Crippen molar-refractivity contribution in [3.63, 3.8) is 0 Å². The summed E-state index contributed by atoms with van der Waals surface area (Å²) in [6, 6.07) is 6.99. The van der Waals surface area contributed by atoms with Crippen molar-refractivity contribution in [2.24, 2.45) is 5.92 Å². The standard InChI is InChI=1S/C14H17N3O2S/c1-9(2)6-12(14(18)19)16-11-5-3-4-10(7-11)13-17-15-8-20-13/h3-5,7-9,12,16H,6H2,1-2H3,(H,18,19)/t12-/m0/s1. The van der Waals surface area contributed by atoms with Gasteiger partial charge in [-0.2, -0.15) is 0 Å². The van der Waals surface area contributed by atoms with Crippen LogP contribution in [0.5, 0.6) is 0 Å². The van der Waals surface area contributed by atoms with Crippen LogP contribution in [0.4, 0.5) is 5.69 Å². The molecule has 0 saturated carbocycles. The van der Waals surface area contributed by atoms with Crippen LogP contribution in [-0.4, -0.2) is 27.3 Å². The van der Waals surface area contributed by atoms with Gasteiger partial charge in [0, 0.05) is 11.3 Å². The van der Waals surface area contributed by atoms with Gasteiger partial charge in [-0.25, -0.2) is 4.79 Å². The summed E-state index contributed by atoms with van der Waals surface area (Å²) in [5.41, 5.74) is 3.39. The number of nitrogens with zero attached hydrogens (tertiary/aromatic N) is 2. The largest absolute Gasteiger partial charge is 0.480 e. The average molecular weight is 291 g/mol. The molecule has 0 aliphatic carbocycles. The quantitative estimate of drug-likeness (QED) is 0.855. The fourth-order valence-corrected chi connectivity index (χ4v) is 2.49. The number of aliphatic carboxylic acids is 1. The first kappa shape index (κ1) is 14.5. The number of hydrogen-bond acceptors (Lipinski definition) is 5. The lowest BCUT2D eigenvalue weighted by Gasteiger charge is -2.18. The van der Waals surface area contributed by atoms with Gasteiger partial charge >= 0.3 is 5.97 Å². The molecule has 1 aromatic carbocycles. The minimum absolute atomic E-state index is 0.315. The molecule has 106 valence electrons. The molecule has 20 heavy (non-hydrogen) atoms. The second-order valence-electron chi connectivity index (χ2n) is 4.99. The predicted octanol–water partition coefficient (Wildman–Crippen LogP) is 3.12. The van der Waals surface area contributed by atoms with E-state index >= 15 is 0 Å². The van der Waals surface area contributed by atoms with Crippen LogP contribution < -0.4 is 5.32 Å². The number of anilines is 1. The molecular formula is C14H17N3O2S. The number of carboxylic acid groups (broad SMARTS) is 1. The van der Waals surface area contributed by atoms with Gasteiger partial charge in [-0.1, -0.05) is 37.3 Å². The first-order valence-electron chi connectivity index (χ1n) is 6.42. The third kappa shape index (κ3) is 3.77. The summed E-state index contributed by atoms with van der Waals surface area (Å²) < 4.78 is 0. The maximum Gasteiger partial charge on any atom is 0.326 e. The van der Waals surface area contributed by atoms with Crippen molar-refractivity contribution in [2.75, 3.05) is 5.32 Å². The molecule has 0 bridgehead atoms. The second-order valence-corrected chi connectivity index (χ2v) is 5.82. The Morgan fingerprint density at radius 2 is 2.25 bits per heavy atom. The molecule has 0 amide bonds. The van der Waals surface area contributed by atoms with E-state index in [9.17, 15) is 9.90 Å². The minimum Gasteiger partial charge on any atom is -0.480 e. The number of carboxylic acids is 1. The zero-order valence-corrected chi connectivity index (χ0v) is 12.2. The van der Waals surface area contributed by atoms with Gasteiger partial charge < -0.3 is 10.4 Å². The van der Waals surface area contributed by atoms with Crippen LogP contribution in [-0.2, 0) is 4.79 Å². The second kappa shape index (κ2) is 6.47. The number of nitrogens with one attached hydrogen (secondary N) is 1. The Kier molecular flexibility index (Phi) is 4.68. The van der Waals surface area contributed by atoms with Crippen LogP contribution in [0.2, 0.25) is 0 Å². The molecular weight excluding hydrogens is 274 g/mol. The van der Waals surface area contributed by atoms with Crippen LogP contribution in [0.1, 0.15) is 20.3 Å². The number of aromatic nitrogens is 2. The topological polar surface area (TPSA) is 75.1 Å². The van der Waals surface area contributed by atoms with Gasteiger partial charge in [0.25, 0.3) is 0 Å². The highest BCUT2D eigenvalue weighted by Gasteiger charge is 2.18. The third-order valence-electron chi connectivity index (χ3n) is 2.82. The van der Waals surface area contributed by atoms with Crippen LogP contribution >= 0.6 is 11.3 Å². The van der Waals surface area contributed by atoms with Gasteiger partial charge in [-0.3, -0.25) is 0 Å². The maximum absolute atomic E-state index is 11.3. The Morgan fingerprint density at radius 3 is 2.85 bits per heavy atom. The zero-order valence-electron chi connectivity index (χ0n) is 11.4. The summed E-state index contributed by atoms with van der Waals surface area (Å²) >= 11 is 1.45. The molecule has 0 aliphatic heterocycles.